The zero-order chi connectivity index (χ0) is 18.2. The molecule has 5 nitrogen and oxygen atoms in total. The third kappa shape index (κ3) is 6.07. The molecule has 26 heavy (non-hydrogen) atoms. The Kier molecular flexibility index (Phi) is 6.97. The first-order valence-electron chi connectivity index (χ1n) is 9.54. The van der Waals surface area contributed by atoms with E-state index in [-0.39, 0.29) is 0 Å². The van der Waals surface area contributed by atoms with Crippen molar-refractivity contribution in [3.05, 3.63) is 54.1 Å². The largest absolute Gasteiger partial charge is 0.492 e. The highest BCUT2D eigenvalue weighted by atomic mass is 16.5. The molecule has 0 amide bonds. The number of likely N-dealkylation sites (tertiary alicyclic amines) is 1. The van der Waals surface area contributed by atoms with Gasteiger partial charge in [0, 0.05) is 19.3 Å². The van der Waals surface area contributed by atoms with Crippen molar-refractivity contribution in [1.29, 1.82) is 0 Å². The number of rotatable bonds is 8. The molecule has 2 aromatic rings. The van der Waals surface area contributed by atoms with E-state index >= 15 is 0 Å². The summed E-state index contributed by atoms with van der Waals surface area (Å²) in [6.45, 7) is 4.90. The summed E-state index contributed by atoms with van der Waals surface area (Å²) in [6, 6.07) is 10.1. The first kappa shape index (κ1) is 18.8. The Morgan fingerprint density at radius 1 is 1.04 bits per heavy atom. The number of piperidine rings is 1. The minimum Gasteiger partial charge on any atom is -0.492 e. The van der Waals surface area contributed by atoms with Crippen LogP contribution in [0.3, 0.4) is 0 Å². The summed E-state index contributed by atoms with van der Waals surface area (Å²) < 4.78 is 5.81. The van der Waals surface area contributed by atoms with E-state index in [1.165, 1.54) is 12.8 Å². The summed E-state index contributed by atoms with van der Waals surface area (Å²) in [6.07, 6.45) is 7.38. The van der Waals surface area contributed by atoms with Gasteiger partial charge >= 0.3 is 0 Å². The molecule has 1 aromatic heterocycles. The molecular formula is C21H30N4O. The van der Waals surface area contributed by atoms with E-state index in [2.05, 4.69) is 19.8 Å². The predicted octanol–water partition coefficient (Wildman–Crippen LogP) is 2.87. The van der Waals surface area contributed by atoms with Gasteiger partial charge in [0.25, 0.3) is 0 Å². The van der Waals surface area contributed by atoms with Crippen molar-refractivity contribution in [1.82, 2.24) is 19.8 Å². The van der Waals surface area contributed by atoms with Crippen molar-refractivity contribution in [2.75, 3.05) is 40.3 Å². The molecule has 1 fully saturated rings. The Morgan fingerprint density at radius 3 is 2.38 bits per heavy atom. The average molecular weight is 354 g/mol. The zero-order valence-electron chi connectivity index (χ0n) is 16.0. The highest BCUT2D eigenvalue weighted by molar-refractivity contribution is 5.20. The number of hydrogen-bond acceptors (Lipinski definition) is 5. The van der Waals surface area contributed by atoms with Gasteiger partial charge in [-0.3, -0.25) is 14.9 Å². The van der Waals surface area contributed by atoms with Crippen molar-refractivity contribution in [3.8, 4) is 5.75 Å². The molecule has 0 spiro atoms. The lowest BCUT2D eigenvalue weighted by molar-refractivity contribution is 0.154. The summed E-state index contributed by atoms with van der Waals surface area (Å²) in [5, 5.41) is 0. The molecule has 0 radical (unpaired) electrons. The van der Waals surface area contributed by atoms with Gasteiger partial charge in [-0.1, -0.05) is 18.2 Å². The molecule has 1 aliphatic heterocycles. The lowest BCUT2D eigenvalue weighted by Gasteiger charge is -2.31. The predicted molar refractivity (Wildman–Crippen MR) is 104 cm³/mol. The minimum atomic E-state index is 0.718. The average Bonchev–Trinajstić information content (AvgIpc) is 2.65. The third-order valence-corrected chi connectivity index (χ3v) is 4.86. The maximum absolute atomic E-state index is 5.81. The summed E-state index contributed by atoms with van der Waals surface area (Å²) in [7, 11) is 4.10. The van der Waals surface area contributed by atoms with Crippen LogP contribution in [0.1, 0.15) is 24.2 Å². The Labute approximate surface area is 157 Å². The van der Waals surface area contributed by atoms with Crippen LogP contribution in [0.4, 0.5) is 0 Å². The molecule has 3 rings (SSSR count). The molecular weight excluding hydrogens is 324 g/mol. The summed E-state index contributed by atoms with van der Waals surface area (Å²) >= 11 is 0. The highest BCUT2D eigenvalue weighted by Crippen LogP contribution is 2.20. The zero-order valence-corrected chi connectivity index (χ0v) is 16.0. The maximum Gasteiger partial charge on any atom is 0.119 e. The molecule has 5 heteroatoms. The standard InChI is InChI=1S/C21H30N4O/c1-24(2)17-20-16-22-19(15-23-20)14-18-8-10-25(11-9-18)12-13-26-21-6-4-3-5-7-21/h3-7,15-16,18H,8-14,17H2,1-2H3. The van der Waals surface area contributed by atoms with E-state index < -0.39 is 0 Å². The van der Waals surface area contributed by atoms with Gasteiger partial charge < -0.3 is 9.64 Å². The van der Waals surface area contributed by atoms with Crippen LogP contribution >= 0.6 is 0 Å². The van der Waals surface area contributed by atoms with E-state index in [1.807, 2.05) is 56.8 Å². The number of benzene rings is 1. The monoisotopic (exact) mass is 354 g/mol. The minimum absolute atomic E-state index is 0.718. The van der Waals surface area contributed by atoms with Crippen molar-refractivity contribution in [2.45, 2.75) is 25.8 Å². The quantitative estimate of drug-likeness (QED) is 0.729. The lowest BCUT2D eigenvalue weighted by Crippen LogP contribution is -2.37. The molecule has 1 saturated heterocycles. The van der Waals surface area contributed by atoms with Crippen LogP contribution in [-0.4, -0.2) is 60.1 Å². The fourth-order valence-electron chi connectivity index (χ4n) is 3.41. The number of aromatic nitrogens is 2. The first-order chi connectivity index (χ1) is 12.7. The van der Waals surface area contributed by atoms with Crippen LogP contribution in [0.5, 0.6) is 5.75 Å². The van der Waals surface area contributed by atoms with Gasteiger partial charge in [0.15, 0.2) is 0 Å². The van der Waals surface area contributed by atoms with Gasteiger partial charge in [-0.2, -0.15) is 0 Å². The lowest BCUT2D eigenvalue weighted by atomic mass is 9.92. The molecule has 0 unspecified atom stereocenters. The smallest absolute Gasteiger partial charge is 0.119 e. The second-order valence-corrected chi connectivity index (χ2v) is 7.39. The molecule has 0 bridgehead atoms. The normalized spacial score (nSPS) is 16.1. The van der Waals surface area contributed by atoms with Crippen LogP contribution in [0.2, 0.25) is 0 Å². The van der Waals surface area contributed by atoms with Crippen molar-refractivity contribution >= 4 is 0 Å². The number of ether oxygens (including phenoxy) is 1. The first-order valence-corrected chi connectivity index (χ1v) is 9.54. The Bertz CT molecular complexity index is 637. The van der Waals surface area contributed by atoms with Gasteiger partial charge in [-0.05, 0) is 64.5 Å². The van der Waals surface area contributed by atoms with Crippen LogP contribution in [-0.2, 0) is 13.0 Å². The molecule has 2 heterocycles. The van der Waals surface area contributed by atoms with Gasteiger partial charge in [-0.15, -0.1) is 0 Å². The van der Waals surface area contributed by atoms with Gasteiger partial charge in [0.05, 0.1) is 17.6 Å². The molecule has 0 aliphatic carbocycles. The van der Waals surface area contributed by atoms with Crippen LogP contribution < -0.4 is 4.74 Å². The number of hydrogen-bond donors (Lipinski definition) is 0. The van der Waals surface area contributed by atoms with E-state index in [0.717, 1.165) is 62.3 Å². The topological polar surface area (TPSA) is 41.5 Å². The van der Waals surface area contributed by atoms with Crippen molar-refractivity contribution in [2.24, 2.45) is 5.92 Å². The molecule has 140 valence electrons. The van der Waals surface area contributed by atoms with Crippen molar-refractivity contribution in [3.63, 3.8) is 0 Å². The number of nitrogens with zero attached hydrogens (tertiary/aromatic N) is 4. The Hall–Kier alpha value is -1.98. The molecule has 0 atom stereocenters. The Morgan fingerprint density at radius 2 is 1.73 bits per heavy atom. The number of para-hydroxylation sites is 1. The summed E-state index contributed by atoms with van der Waals surface area (Å²) in [5.74, 6) is 1.67. The van der Waals surface area contributed by atoms with E-state index in [9.17, 15) is 0 Å². The van der Waals surface area contributed by atoms with Gasteiger partial charge in [0.2, 0.25) is 0 Å². The fourth-order valence-corrected chi connectivity index (χ4v) is 3.41. The summed E-state index contributed by atoms with van der Waals surface area (Å²) in [5.41, 5.74) is 2.16. The van der Waals surface area contributed by atoms with E-state index in [4.69, 9.17) is 4.74 Å². The maximum atomic E-state index is 5.81. The Balaban J connectivity index is 1.35. The molecule has 1 aliphatic rings. The van der Waals surface area contributed by atoms with E-state index in [1.54, 1.807) is 0 Å². The second kappa shape index (κ2) is 9.64. The highest BCUT2D eigenvalue weighted by Gasteiger charge is 2.20. The van der Waals surface area contributed by atoms with Gasteiger partial charge in [0.1, 0.15) is 12.4 Å². The second-order valence-electron chi connectivity index (χ2n) is 7.39. The van der Waals surface area contributed by atoms with Gasteiger partial charge in [-0.25, -0.2) is 0 Å². The molecule has 0 N–H and O–H groups in total. The summed E-state index contributed by atoms with van der Waals surface area (Å²) in [4.78, 5) is 13.8. The van der Waals surface area contributed by atoms with Crippen LogP contribution in [0.15, 0.2) is 42.7 Å². The van der Waals surface area contributed by atoms with Crippen LogP contribution in [0, 0.1) is 5.92 Å². The SMILES string of the molecule is CN(C)Cc1cnc(CC2CCN(CCOc3ccccc3)CC2)cn1. The van der Waals surface area contributed by atoms with Crippen molar-refractivity contribution < 1.29 is 4.74 Å². The van der Waals surface area contributed by atoms with E-state index in [0.29, 0.717) is 0 Å². The molecule has 1 aromatic carbocycles. The fraction of sp³-hybridized carbons (Fsp3) is 0.524. The van der Waals surface area contributed by atoms with Crippen LogP contribution in [0.25, 0.3) is 0 Å². The molecule has 0 saturated carbocycles. The third-order valence-electron chi connectivity index (χ3n) is 4.86.